The van der Waals surface area contributed by atoms with Crippen LogP contribution in [0.25, 0.3) is 10.4 Å². The number of nitrogens with one attached hydrogen (secondary N) is 1. The standard InChI is InChI=1S/C14H19NOS2/c1-14(2,5-6-16)15-9-12-8-11(10-18-12)13-4-3-7-17-13/h3-4,7-8,10,15-16H,5-6,9H2,1-2H3. The lowest BCUT2D eigenvalue weighted by Gasteiger charge is -2.25. The highest BCUT2D eigenvalue weighted by atomic mass is 32.1. The van der Waals surface area contributed by atoms with Crippen LogP contribution >= 0.6 is 22.7 Å². The Hall–Kier alpha value is -0.680. The van der Waals surface area contributed by atoms with Crippen LogP contribution in [0.4, 0.5) is 0 Å². The molecule has 98 valence electrons. The molecule has 2 nitrogen and oxygen atoms in total. The first-order valence-electron chi connectivity index (χ1n) is 6.08. The summed E-state index contributed by atoms with van der Waals surface area (Å²) >= 11 is 3.56. The summed E-state index contributed by atoms with van der Waals surface area (Å²) in [5, 5.41) is 16.8. The van der Waals surface area contributed by atoms with Gasteiger partial charge in [0.2, 0.25) is 0 Å². The van der Waals surface area contributed by atoms with Crippen LogP contribution < -0.4 is 5.32 Å². The van der Waals surface area contributed by atoms with Crippen LogP contribution in [0, 0.1) is 0 Å². The maximum atomic E-state index is 8.99. The molecule has 2 aromatic heterocycles. The summed E-state index contributed by atoms with van der Waals surface area (Å²) in [5.41, 5.74) is 1.30. The van der Waals surface area contributed by atoms with Gasteiger partial charge in [0.1, 0.15) is 0 Å². The van der Waals surface area contributed by atoms with Crippen molar-refractivity contribution < 1.29 is 5.11 Å². The molecule has 0 saturated carbocycles. The molecule has 0 fully saturated rings. The number of thiophene rings is 2. The summed E-state index contributed by atoms with van der Waals surface area (Å²) in [6.07, 6.45) is 0.774. The molecule has 0 radical (unpaired) electrons. The largest absolute Gasteiger partial charge is 0.396 e. The van der Waals surface area contributed by atoms with Crippen LogP contribution in [-0.4, -0.2) is 17.3 Å². The molecule has 0 aliphatic heterocycles. The highest BCUT2D eigenvalue weighted by Crippen LogP contribution is 2.29. The quantitative estimate of drug-likeness (QED) is 0.845. The van der Waals surface area contributed by atoms with Gasteiger partial charge in [-0.25, -0.2) is 0 Å². The zero-order chi connectivity index (χ0) is 13.0. The van der Waals surface area contributed by atoms with E-state index in [1.807, 2.05) is 0 Å². The number of rotatable bonds is 6. The number of aliphatic hydroxyl groups excluding tert-OH is 1. The molecule has 0 atom stereocenters. The Balaban J connectivity index is 1.95. The van der Waals surface area contributed by atoms with Gasteiger partial charge in [0.05, 0.1) is 0 Å². The Morgan fingerprint density at radius 2 is 2.17 bits per heavy atom. The zero-order valence-electron chi connectivity index (χ0n) is 10.8. The Morgan fingerprint density at radius 3 is 2.83 bits per heavy atom. The highest BCUT2D eigenvalue weighted by molar-refractivity contribution is 7.14. The predicted octanol–water partition coefficient (Wildman–Crippen LogP) is 3.73. The van der Waals surface area contributed by atoms with Crippen LogP contribution in [0.5, 0.6) is 0 Å². The Labute approximate surface area is 116 Å². The van der Waals surface area contributed by atoms with Gasteiger partial charge in [0.15, 0.2) is 0 Å². The van der Waals surface area contributed by atoms with E-state index in [1.165, 1.54) is 15.3 Å². The fourth-order valence-corrected chi connectivity index (χ4v) is 3.35. The molecule has 0 bridgehead atoms. The molecule has 0 aromatic carbocycles. The third-order valence-electron chi connectivity index (χ3n) is 2.94. The second-order valence-corrected chi connectivity index (χ2v) is 6.93. The van der Waals surface area contributed by atoms with Crippen molar-refractivity contribution in [3.8, 4) is 10.4 Å². The number of hydrogen-bond donors (Lipinski definition) is 2. The number of aliphatic hydroxyl groups is 1. The van der Waals surface area contributed by atoms with Crippen LogP contribution in [0.15, 0.2) is 29.0 Å². The predicted molar refractivity (Wildman–Crippen MR) is 80.3 cm³/mol. The van der Waals surface area contributed by atoms with E-state index < -0.39 is 0 Å². The van der Waals surface area contributed by atoms with Crippen molar-refractivity contribution in [1.82, 2.24) is 5.32 Å². The topological polar surface area (TPSA) is 32.3 Å². The van der Waals surface area contributed by atoms with E-state index in [9.17, 15) is 0 Å². The summed E-state index contributed by atoms with van der Waals surface area (Å²) < 4.78 is 0. The van der Waals surface area contributed by atoms with E-state index in [4.69, 9.17) is 5.11 Å². The van der Waals surface area contributed by atoms with Crippen LogP contribution in [-0.2, 0) is 6.54 Å². The lowest BCUT2D eigenvalue weighted by Crippen LogP contribution is -2.39. The van der Waals surface area contributed by atoms with Crippen molar-refractivity contribution in [1.29, 1.82) is 0 Å². The summed E-state index contributed by atoms with van der Waals surface area (Å²) in [6, 6.07) is 6.48. The van der Waals surface area contributed by atoms with Gasteiger partial charge in [0.25, 0.3) is 0 Å². The van der Waals surface area contributed by atoms with Crippen molar-refractivity contribution in [3.05, 3.63) is 33.8 Å². The van der Waals surface area contributed by atoms with Crippen molar-refractivity contribution in [2.24, 2.45) is 0 Å². The van der Waals surface area contributed by atoms with Crippen LogP contribution in [0.3, 0.4) is 0 Å². The fourth-order valence-electron chi connectivity index (χ4n) is 1.74. The van der Waals surface area contributed by atoms with Gasteiger partial charge < -0.3 is 10.4 Å². The van der Waals surface area contributed by atoms with Gasteiger partial charge in [-0.2, -0.15) is 0 Å². The van der Waals surface area contributed by atoms with Gasteiger partial charge in [-0.3, -0.25) is 0 Å². The normalized spacial score (nSPS) is 11.9. The molecule has 2 rings (SSSR count). The lowest BCUT2D eigenvalue weighted by molar-refractivity contribution is 0.230. The minimum Gasteiger partial charge on any atom is -0.396 e. The van der Waals surface area contributed by atoms with Gasteiger partial charge in [-0.1, -0.05) is 6.07 Å². The first-order chi connectivity index (χ1) is 8.61. The lowest BCUT2D eigenvalue weighted by atomic mass is 10.0. The van der Waals surface area contributed by atoms with Crippen molar-refractivity contribution in [2.75, 3.05) is 6.61 Å². The third kappa shape index (κ3) is 3.65. The first-order valence-corrected chi connectivity index (χ1v) is 7.84. The average molecular weight is 281 g/mol. The molecule has 4 heteroatoms. The molecule has 0 aliphatic rings. The third-order valence-corrected chi connectivity index (χ3v) is 4.79. The van der Waals surface area contributed by atoms with Gasteiger partial charge >= 0.3 is 0 Å². The van der Waals surface area contributed by atoms with E-state index in [1.54, 1.807) is 22.7 Å². The highest BCUT2D eigenvalue weighted by Gasteiger charge is 2.16. The Bertz CT molecular complexity index is 474. The fraction of sp³-hybridized carbons (Fsp3) is 0.429. The molecular formula is C14H19NOS2. The van der Waals surface area contributed by atoms with Gasteiger partial charge in [-0.15, -0.1) is 22.7 Å². The van der Waals surface area contributed by atoms with Crippen LogP contribution in [0.2, 0.25) is 0 Å². The summed E-state index contributed by atoms with van der Waals surface area (Å²) in [7, 11) is 0. The summed E-state index contributed by atoms with van der Waals surface area (Å²) in [5.74, 6) is 0. The molecule has 2 N–H and O–H groups in total. The van der Waals surface area contributed by atoms with Crippen molar-refractivity contribution >= 4 is 22.7 Å². The van der Waals surface area contributed by atoms with Crippen molar-refractivity contribution in [3.63, 3.8) is 0 Å². The molecule has 18 heavy (non-hydrogen) atoms. The molecule has 0 aliphatic carbocycles. The van der Waals surface area contributed by atoms with E-state index in [-0.39, 0.29) is 12.1 Å². The smallest absolute Gasteiger partial charge is 0.0448 e. The monoisotopic (exact) mass is 281 g/mol. The molecule has 2 aromatic rings. The molecule has 2 heterocycles. The van der Waals surface area contributed by atoms with E-state index >= 15 is 0 Å². The first kappa shape index (κ1) is 13.7. The molecule has 0 unspecified atom stereocenters. The summed E-state index contributed by atoms with van der Waals surface area (Å²) in [4.78, 5) is 2.66. The second-order valence-electron chi connectivity index (χ2n) is 4.99. The van der Waals surface area contributed by atoms with E-state index in [0.717, 1.165) is 13.0 Å². The zero-order valence-corrected chi connectivity index (χ0v) is 12.4. The van der Waals surface area contributed by atoms with Crippen LogP contribution in [0.1, 0.15) is 25.1 Å². The van der Waals surface area contributed by atoms with Gasteiger partial charge in [0, 0.05) is 34.0 Å². The van der Waals surface area contributed by atoms with Crippen molar-refractivity contribution in [2.45, 2.75) is 32.4 Å². The van der Waals surface area contributed by atoms with E-state index in [2.05, 4.69) is 48.1 Å². The number of hydrogen-bond acceptors (Lipinski definition) is 4. The molecule has 0 amide bonds. The Morgan fingerprint density at radius 1 is 1.33 bits per heavy atom. The SMILES string of the molecule is CC(C)(CCO)NCc1cc(-c2cccs2)cs1. The van der Waals surface area contributed by atoms with E-state index in [0.29, 0.717) is 0 Å². The Kier molecular flexibility index (Phi) is 4.56. The maximum absolute atomic E-state index is 8.99. The molecule has 0 saturated heterocycles. The molecular weight excluding hydrogens is 262 g/mol. The minimum absolute atomic E-state index is 0.0121. The second kappa shape index (κ2) is 5.97. The minimum atomic E-state index is -0.0121. The molecule has 0 spiro atoms. The maximum Gasteiger partial charge on any atom is 0.0448 e. The summed E-state index contributed by atoms with van der Waals surface area (Å²) in [6.45, 7) is 5.34. The van der Waals surface area contributed by atoms with Gasteiger partial charge in [-0.05, 0) is 43.2 Å². The average Bonchev–Trinajstić information content (AvgIpc) is 2.97.